The van der Waals surface area contributed by atoms with Crippen LogP contribution >= 0.6 is 11.6 Å². The summed E-state index contributed by atoms with van der Waals surface area (Å²) in [5.41, 5.74) is 14.1. The van der Waals surface area contributed by atoms with Crippen molar-refractivity contribution in [3.05, 3.63) is 208 Å². The number of ether oxygens (including phenoxy) is 1. The van der Waals surface area contributed by atoms with E-state index in [1.54, 1.807) is 68.5 Å². The van der Waals surface area contributed by atoms with Gasteiger partial charge in [0.2, 0.25) is 0 Å². The maximum atomic E-state index is 12.7. The molecule has 2 aliphatic heterocycles. The lowest BCUT2D eigenvalue weighted by Gasteiger charge is -2.30. The van der Waals surface area contributed by atoms with Gasteiger partial charge >= 0.3 is 6.09 Å². The molecule has 0 radical (unpaired) electrons. The number of amides is 4. The van der Waals surface area contributed by atoms with Crippen LogP contribution in [0.25, 0.3) is 33.8 Å². The topological polar surface area (TPSA) is 319 Å². The van der Waals surface area contributed by atoms with E-state index in [2.05, 4.69) is 93.4 Å². The third-order valence-electron chi connectivity index (χ3n) is 17.4. The first-order valence-electron chi connectivity index (χ1n) is 35.0. The minimum Gasteiger partial charge on any atom is -0.444 e. The van der Waals surface area contributed by atoms with Gasteiger partial charge in [-0.05, 0) is 155 Å². The summed E-state index contributed by atoms with van der Waals surface area (Å²) in [5.74, 6) is 2.26. The lowest BCUT2D eigenvalue weighted by molar-refractivity contribution is 0.0194. The van der Waals surface area contributed by atoms with E-state index in [1.165, 1.54) is 12.7 Å². The van der Waals surface area contributed by atoms with Crippen molar-refractivity contribution in [2.45, 2.75) is 172 Å². The first-order valence-corrected chi connectivity index (χ1v) is 35.4. The Hall–Kier alpha value is -11.5. The molecule has 11 aromatic rings. The molecule has 0 saturated carbocycles. The summed E-state index contributed by atoms with van der Waals surface area (Å²) in [6.07, 6.45) is 14.3. The summed E-state index contributed by atoms with van der Waals surface area (Å²) in [6, 6.07) is 27.6. The highest BCUT2D eigenvalue weighted by Crippen LogP contribution is 2.29. The highest BCUT2D eigenvalue weighted by atomic mass is 35.5. The van der Waals surface area contributed by atoms with Gasteiger partial charge in [-0.1, -0.05) is 48.0 Å². The molecule has 0 atom stereocenters. The Morgan fingerprint density at radius 1 is 0.472 bits per heavy atom. The van der Waals surface area contributed by atoms with Gasteiger partial charge < -0.3 is 41.5 Å². The van der Waals surface area contributed by atoms with Crippen molar-refractivity contribution in [3.63, 3.8) is 0 Å². The Bertz CT molecular complexity index is 4960. The molecule has 28 nitrogen and oxygen atoms in total. The zero-order chi connectivity index (χ0) is 75.8. The van der Waals surface area contributed by atoms with Crippen molar-refractivity contribution in [1.29, 1.82) is 0 Å². The van der Waals surface area contributed by atoms with Crippen molar-refractivity contribution in [3.8, 4) is 33.8 Å². The number of nitrogens with one attached hydrogen (secondary N) is 6. The van der Waals surface area contributed by atoms with Crippen LogP contribution in [0.3, 0.4) is 0 Å². The summed E-state index contributed by atoms with van der Waals surface area (Å²) >= 11 is 5.93. The molecule has 10 heterocycles. The zero-order valence-corrected chi connectivity index (χ0v) is 63.4. The average molecular weight is 1460 g/mol. The first-order chi connectivity index (χ1) is 50.2. The molecule has 13 rings (SSSR count). The maximum Gasteiger partial charge on any atom is 0.410 e. The molecule has 29 heteroatoms. The largest absolute Gasteiger partial charge is 0.444 e. The Kier molecular flexibility index (Phi) is 22.7. The van der Waals surface area contributed by atoms with Crippen molar-refractivity contribution >= 4 is 58.7 Å². The van der Waals surface area contributed by atoms with Crippen LogP contribution in [0, 0.1) is 20.8 Å². The number of benzene rings is 3. The van der Waals surface area contributed by atoms with E-state index in [1.807, 2.05) is 186 Å². The van der Waals surface area contributed by atoms with Crippen LogP contribution < -0.4 is 31.9 Å². The molecular weight excluding hydrogens is 1360 g/mol. The van der Waals surface area contributed by atoms with Crippen molar-refractivity contribution in [2.24, 2.45) is 0 Å². The van der Waals surface area contributed by atoms with Gasteiger partial charge in [-0.2, -0.15) is 25.5 Å². The lowest BCUT2D eigenvalue weighted by atomic mass is 10.0. The molecule has 8 aromatic heterocycles. The number of nitrogens with zero attached hydrogens (tertiary/aromatic N) is 17. The summed E-state index contributed by atoms with van der Waals surface area (Å²) < 4.78 is 14.8. The Labute approximate surface area is 621 Å². The van der Waals surface area contributed by atoms with E-state index in [4.69, 9.17) is 16.3 Å². The normalized spacial score (nSPS) is 12.9. The fourth-order valence-electron chi connectivity index (χ4n) is 11.4. The summed E-state index contributed by atoms with van der Waals surface area (Å²) in [4.78, 5) is 77.7. The second-order valence-electron chi connectivity index (χ2n) is 30.1. The fraction of sp³-hybridized carbons (Fsp3) is 0.364. The van der Waals surface area contributed by atoms with Crippen molar-refractivity contribution < 1.29 is 23.9 Å². The Balaban J connectivity index is 0.000000163. The summed E-state index contributed by atoms with van der Waals surface area (Å²) in [7, 11) is 0. The lowest BCUT2D eigenvalue weighted by Crippen LogP contribution is -2.41. The van der Waals surface area contributed by atoms with Gasteiger partial charge in [0.05, 0.1) is 100 Å². The van der Waals surface area contributed by atoms with Gasteiger partial charge in [0.1, 0.15) is 41.4 Å². The number of hydrogen-bond acceptors (Lipinski definition) is 19. The number of rotatable bonds is 16. The molecular formula is C77H92ClN23O5. The number of fused-ring (bicyclic) bond motifs is 2. The predicted molar refractivity (Wildman–Crippen MR) is 406 cm³/mol. The number of aromatic nitrogens is 16. The molecule has 106 heavy (non-hydrogen) atoms. The monoisotopic (exact) mass is 1450 g/mol. The summed E-state index contributed by atoms with van der Waals surface area (Å²) in [5, 5.41) is 41.4. The smallest absolute Gasteiger partial charge is 0.410 e. The van der Waals surface area contributed by atoms with E-state index in [0.717, 1.165) is 104 Å². The van der Waals surface area contributed by atoms with Crippen molar-refractivity contribution in [2.75, 3.05) is 23.7 Å². The molecule has 4 amide bonds. The number of hydrogen-bond donors (Lipinski definition) is 6. The molecule has 0 saturated heterocycles. The second kappa shape index (κ2) is 31.8. The molecule has 0 aliphatic carbocycles. The van der Waals surface area contributed by atoms with Crippen LogP contribution in [-0.2, 0) is 67.2 Å². The molecule has 3 aromatic carbocycles. The average Bonchev–Trinajstić information content (AvgIpc) is 1.59. The molecule has 2 aliphatic rings. The third-order valence-corrected chi connectivity index (χ3v) is 17.6. The fourth-order valence-corrected chi connectivity index (χ4v) is 11.5. The molecule has 0 fully saturated rings. The van der Waals surface area contributed by atoms with E-state index in [0.29, 0.717) is 78.6 Å². The zero-order valence-electron chi connectivity index (χ0n) is 62.7. The van der Waals surface area contributed by atoms with E-state index in [-0.39, 0.29) is 40.4 Å². The highest BCUT2D eigenvalue weighted by Gasteiger charge is 2.28. The first kappa shape index (κ1) is 75.6. The number of aryl methyl sites for hydroxylation is 3. The highest BCUT2D eigenvalue weighted by molar-refractivity contribution is 6.29. The third kappa shape index (κ3) is 19.6. The number of carbonyl (C=O) groups excluding carboxylic acids is 4. The molecule has 0 unspecified atom stereocenters. The Morgan fingerprint density at radius 2 is 0.868 bits per heavy atom. The second-order valence-corrected chi connectivity index (χ2v) is 30.5. The van der Waals surface area contributed by atoms with Crippen LogP contribution in [0.4, 0.5) is 28.1 Å². The van der Waals surface area contributed by atoms with Gasteiger partial charge in [-0.15, -0.1) is 0 Å². The predicted octanol–water partition coefficient (Wildman–Crippen LogP) is 12.4. The van der Waals surface area contributed by atoms with Gasteiger partial charge in [-0.25, -0.2) is 34.7 Å². The van der Waals surface area contributed by atoms with E-state index < -0.39 is 5.60 Å². The number of carbonyl (C=O) groups is 4. The molecule has 0 bridgehead atoms. The van der Waals surface area contributed by atoms with E-state index in [9.17, 15) is 19.2 Å². The SMILES string of the molecule is Cc1cc(-c2cc(Cl)ncn2)ccc1CNC(=O)c1cnn(C(C)(C)C)c1.Cc1cc(-c2cc(Nc3cc4n(n3)CCN(C(=O)OC(C)(C)C)C4)ncn2)ccc1CNC(=O)c1cnn(C(C)(C)C)c1.Cc1cc(-c2cc(Nc3cc4n(n3)CCNC4)ncn2)ccc1CNC(=O)c1cnn(C(C)(C)C)c1. The number of halogens is 1. The van der Waals surface area contributed by atoms with Gasteiger partial charge in [0, 0.05) is 105 Å². The van der Waals surface area contributed by atoms with Gasteiger partial charge in [-0.3, -0.25) is 37.8 Å². The molecule has 6 N–H and O–H groups in total. The quantitative estimate of drug-likeness (QED) is 0.0490. The van der Waals surface area contributed by atoms with E-state index >= 15 is 0 Å². The Morgan fingerprint density at radius 3 is 1.25 bits per heavy atom. The van der Waals surface area contributed by atoms with Crippen LogP contribution in [-0.4, -0.2) is 126 Å². The van der Waals surface area contributed by atoms with Crippen LogP contribution in [0.1, 0.15) is 159 Å². The van der Waals surface area contributed by atoms with Crippen LogP contribution in [0.5, 0.6) is 0 Å². The van der Waals surface area contributed by atoms with Gasteiger partial charge in [0.15, 0.2) is 11.6 Å². The van der Waals surface area contributed by atoms with Crippen molar-refractivity contribution in [1.82, 2.24) is 105 Å². The molecule has 552 valence electrons. The summed E-state index contributed by atoms with van der Waals surface area (Å²) in [6.45, 7) is 35.4. The number of anilines is 4. The minimum absolute atomic E-state index is 0.141. The standard InChI is InChI=1S/C31H39N9O3.C26H31N9O.C20H22ClN5O/c1-20-12-21(8-9-22(20)15-32-28(41)23-16-35-40(17-23)30(2,3)4)25-14-26(34-19-33-25)36-27-13-24-18-38(10-11-39(24)37-27)29(42)43-31(5,6)7;1-17-9-18(5-6-19(17)12-28-25(36)20-13-31-35(15-20)26(2,3)4)22-11-23(30-16-29-22)32-24-10-21-14-27-7-8-34(21)33-24;1-13-7-14(17-8-18(21)24-12-23-17)5-6-15(13)9-22-19(27)16-10-25-26(11-16)20(2,3)4/h8-9,12-14,16-17,19H,10-11,15,18H2,1-7H3,(H,32,41)(H,33,34,36,37);5-6,9-11,13,15-16,27H,7-8,12,14H2,1-4H3,(H,28,36)(H,29,30,32,33);5-8,10-12H,9H2,1-4H3,(H,22,27). The van der Waals surface area contributed by atoms with Gasteiger partial charge in [0.25, 0.3) is 17.7 Å². The minimum atomic E-state index is -0.543. The maximum absolute atomic E-state index is 12.7. The van der Waals surface area contributed by atoms with Crippen LogP contribution in [0.15, 0.2) is 141 Å². The molecule has 0 spiro atoms. The van der Waals surface area contributed by atoms with Crippen LogP contribution in [0.2, 0.25) is 5.15 Å².